The van der Waals surface area contributed by atoms with Crippen LogP contribution in [0.1, 0.15) is 12.0 Å². The summed E-state index contributed by atoms with van der Waals surface area (Å²) >= 11 is 3.09. The topological polar surface area (TPSA) is 57.5 Å². The number of rotatable bonds is 3. The Morgan fingerprint density at radius 2 is 2.08 bits per heavy atom. The number of phenols is 2. The molecule has 1 aromatic rings. The van der Waals surface area contributed by atoms with Crippen LogP contribution in [0.4, 0.5) is 0 Å². The molecular formula is C9H9BrO3. The molecule has 2 N–H and O–H groups in total. The van der Waals surface area contributed by atoms with E-state index in [1.165, 1.54) is 6.07 Å². The van der Waals surface area contributed by atoms with E-state index in [4.69, 9.17) is 0 Å². The number of hydrogen-bond donors (Lipinski definition) is 2. The van der Waals surface area contributed by atoms with Crippen LogP contribution in [0.15, 0.2) is 16.6 Å². The van der Waals surface area contributed by atoms with Gasteiger partial charge in [0.05, 0.1) is 4.47 Å². The predicted molar refractivity (Wildman–Crippen MR) is 51.9 cm³/mol. The lowest BCUT2D eigenvalue weighted by atomic mass is 10.1. The molecule has 0 spiro atoms. The molecule has 0 saturated heterocycles. The summed E-state index contributed by atoms with van der Waals surface area (Å²) < 4.78 is 0.438. The summed E-state index contributed by atoms with van der Waals surface area (Å²) in [4.78, 5) is 10.1. The third-order valence-corrected chi connectivity index (χ3v) is 2.26. The van der Waals surface area contributed by atoms with Crippen LogP contribution >= 0.6 is 15.9 Å². The van der Waals surface area contributed by atoms with Crippen molar-refractivity contribution in [3.05, 3.63) is 22.2 Å². The Hall–Kier alpha value is -1.03. The van der Waals surface area contributed by atoms with Gasteiger partial charge < -0.3 is 15.0 Å². The van der Waals surface area contributed by atoms with E-state index in [-0.39, 0.29) is 11.5 Å². The van der Waals surface area contributed by atoms with E-state index >= 15 is 0 Å². The third-order valence-electron chi connectivity index (χ3n) is 1.65. The van der Waals surface area contributed by atoms with Crippen LogP contribution in [0.25, 0.3) is 0 Å². The van der Waals surface area contributed by atoms with Gasteiger partial charge in [-0.3, -0.25) is 0 Å². The van der Waals surface area contributed by atoms with E-state index in [0.717, 1.165) is 11.8 Å². The van der Waals surface area contributed by atoms with Crippen molar-refractivity contribution in [3.8, 4) is 11.5 Å². The second-order valence-corrected chi connectivity index (χ2v) is 3.51. The number of aromatic hydroxyl groups is 2. The van der Waals surface area contributed by atoms with Crippen molar-refractivity contribution in [2.75, 3.05) is 0 Å². The highest BCUT2D eigenvalue weighted by molar-refractivity contribution is 9.10. The summed E-state index contributed by atoms with van der Waals surface area (Å²) in [7, 11) is 0. The largest absolute Gasteiger partial charge is 0.504 e. The minimum absolute atomic E-state index is 0.171. The fourth-order valence-corrected chi connectivity index (χ4v) is 1.51. The molecule has 0 aliphatic carbocycles. The van der Waals surface area contributed by atoms with Crippen LogP contribution in [0.2, 0.25) is 0 Å². The summed E-state index contributed by atoms with van der Waals surface area (Å²) in [5, 5.41) is 18.4. The van der Waals surface area contributed by atoms with Gasteiger partial charge in [-0.1, -0.05) is 0 Å². The van der Waals surface area contributed by atoms with Crippen LogP contribution in [0, 0.1) is 0 Å². The molecule has 1 rings (SSSR count). The van der Waals surface area contributed by atoms with Gasteiger partial charge in [0.15, 0.2) is 11.5 Å². The fourth-order valence-electron chi connectivity index (χ4n) is 1.01. The average Bonchev–Trinajstić information content (AvgIpc) is 2.10. The van der Waals surface area contributed by atoms with Gasteiger partial charge in [-0.2, -0.15) is 0 Å². The Bertz CT molecular complexity index is 300. The lowest BCUT2D eigenvalue weighted by molar-refractivity contribution is -0.107. The first kappa shape index (κ1) is 10.1. The molecule has 0 aliphatic rings. The Morgan fingerprint density at radius 1 is 1.38 bits per heavy atom. The van der Waals surface area contributed by atoms with Gasteiger partial charge in [-0.05, 0) is 40.0 Å². The molecule has 0 amide bonds. The molecule has 0 saturated carbocycles. The van der Waals surface area contributed by atoms with Crippen LogP contribution in [0.3, 0.4) is 0 Å². The van der Waals surface area contributed by atoms with Crippen molar-refractivity contribution in [2.45, 2.75) is 12.8 Å². The number of aryl methyl sites for hydroxylation is 1. The third kappa shape index (κ3) is 2.45. The van der Waals surface area contributed by atoms with Crippen molar-refractivity contribution < 1.29 is 15.0 Å². The van der Waals surface area contributed by atoms with Crippen LogP contribution in [0.5, 0.6) is 11.5 Å². The predicted octanol–water partition coefficient (Wildman–Crippen LogP) is 1.99. The molecule has 4 heteroatoms. The maximum absolute atomic E-state index is 10.1. The van der Waals surface area contributed by atoms with Crippen molar-refractivity contribution >= 4 is 22.2 Å². The molecule has 0 bridgehead atoms. The first-order chi connectivity index (χ1) is 6.15. The number of carbonyl (C=O) groups is 1. The lowest BCUT2D eigenvalue weighted by Crippen LogP contribution is -1.86. The van der Waals surface area contributed by atoms with E-state index in [1.54, 1.807) is 6.07 Å². The zero-order valence-electron chi connectivity index (χ0n) is 6.83. The van der Waals surface area contributed by atoms with Crippen molar-refractivity contribution in [1.82, 2.24) is 0 Å². The van der Waals surface area contributed by atoms with Gasteiger partial charge in [-0.25, -0.2) is 0 Å². The first-order valence-corrected chi connectivity index (χ1v) is 4.58. The first-order valence-electron chi connectivity index (χ1n) is 3.79. The van der Waals surface area contributed by atoms with Gasteiger partial charge in [-0.15, -0.1) is 0 Å². The summed E-state index contributed by atoms with van der Waals surface area (Å²) in [6, 6.07) is 3.13. The molecule has 0 atom stereocenters. The van der Waals surface area contributed by atoms with Gasteiger partial charge in [0.25, 0.3) is 0 Å². The van der Waals surface area contributed by atoms with Gasteiger partial charge in [0.1, 0.15) is 6.29 Å². The normalized spacial score (nSPS) is 9.92. The summed E-state index contributed by atoms with van der Waals surface area (Å²) in [5.41, 5.74) is 0.814. The van der Waals surface area contributed by atoms with Crippen LogP contribution < -0.4 is 0 Å². The minimum atomic E-state index is -0.171. The number of carbonyl (C=O) groups excluding carboxylic acids is 1. The molecule has 70 valence electrons. The Balaban J connectivity index is 2.92. The molecule has 13 heavy (non-hydrogen) atoms. The number of aldehydes is 1. The number of halogens is 1. The number of hydrogen-bond acceptors (Lipinski definition) is 3. The van der Waals surface area contributed by atoms with Gasteiger partial charge >= 0.3 is 0 Å². The van der Waals surface area contributed by atoms with Crippen molar-refractivity contribution in [1.29, 1.82) is 0 Å². The number of benzene rings is 1. The summed E-state index contributed by atoms with van der Waals surface area (Å²) in [6.45, 7) is 0. The molecular weight excluding hydrogens is 236 g/mol. The molecule has 3 nitrogen and oxygen atoms in total. The highest BCUT2D eigenvalue weighted by Crippen LogP contribution is 2.34. The molecule has 0 aromatic heterocycles. The zero-order chi connectivity index (χ0) is 9.84. The molecule has 1 aromatic carbocycles. The maximum atomic E-state index is 10.1. The molecule has 0 aliphatic heterocycles. The molecule has 0 fully saturated rings. The Kier molecular flexibility index (Phi) is 3.31. The van der Waals surface area contributed by atoms with E-state index in [9.17, 15) is 15.0 Å². The molecule has 0 heterocycles. The minimum Gasteiger partial charge on any atom is -0.504 e. The van der Waals surface area contributed by atoms with E-state index in [2.05, 4.69) is 15.9 Å². The summed E-state index contributed by atoms with van der Waals surface area (Å²) in [5.74, 6) is -0.342. The standard InChI is InChI=1S/C9H9BrO3/c10-7-4-6(2-1-3-11)5-8(12)9(7)13/h3-5,12-13H,1-2H2. The van der Waals surface area contributed by atoms with E-state index in [0.29, 0.717) is 17.3 Å². The van der Waals surface area contributed by atoms with E-state index < -0.39 is 0 Å². The highest BCUT2D eigenvalue weighted by Gasteiger charge is 2.06. The maximum Gasteiger partial charge on any atom is 0.171 e. The monoisotopic (exact) mass is 244 g/mol. The van der Waals surface area contributed by atoms with Crippen molar-refractivity contribution in [2.24, 2.45) is 0 Å². The Labute approximate surface area is 84.1 Å². The highest BCUT2D eigenvalue weighted by atomic mass is 79.9. The Morgan fingerprint density at radius 3 is 2.62 bits per heavy atom. The lowest BCUT2D eigenvalue weighted by Gasteiger charge is -2.03. The second kappa shape index (κ2) is 4.28. The SMILES string of the molecule is O=CCCc1cc(O)c(O)c(Br)c1. The molecule has 0 unspecified atom stereocenters. The van der Waals surface area contributed by atoms with Crippen LogP contribution in [-0.2, 0) is 11.2 Å². The van der Waals surface area contributed by atoms with E-state index in [1.807, 2.05) is 0 Å². The fraction of sp³-hybridized carbons (Fsp3) is 0.222. The second-order valence-electron chi connectivity index (χ2n) is 2.65. The van der Waals surface area contributed by atoms with Crippen LogP contribution in [-0.4, -0.2) is 16.5 Å². The number of phenolic OH excluding ortho intramolecular Hbond substituents is 2. The van der Waals surface area contributed by atoms with Gasteiger partial charge in [0, 0.05) is 6.42 Å². The van der Waals surface area contributed by atoms with Crippen molar-refractivity contribution in [3.63, 3.8) is 0 Å². The smallest absolute Gasteiger partial charge is 0.171 e. The zero-order valence-corrected chi connectivity index (χ0v) is 8.41. The molecule has 0 radical (unpaired) electrons. The quantitative estimate of drug-likeness (QED) is 0.632. The average molecular weight is 245 g/mol. The summed E-state index contributed by atoms with van der Waals surface area (Å²) in [6.07, 6.45) is 1.80. The van der Waals surface area contributed by atoms with Gasteiger partial charge in [0.2, 0.25) is 0 Å².